The first-order valence-electron chi connectivity index (χ1n) is 13.0. The van der Waals surface area contributed by atoms with Crippen molar-refractivity contribution in [2.24, 2.45) is 5.92 Å². The fraction of sp³-hybridized carbons (Fsp3) is 0.300. The Bertz CT molecular complexity index is 1330. The normalized spacial score (nSPS) is 14.8. The van der Waals surface area contributed by atoms with Gasteiger partial charge in [-0.3, -0.25) is 9.59 Å². The number of nitrogens with one attached hydrogen (secondary N) is 3. The van der Waals surface area contributed by atoms with Crippen LogP contribution in [0.5, 0.6) is 0 Å². The summed E-state index contributed by atoms with van der Waals surface area (Å²) in [5, 5.41) is 18.8. The molecular weight excluding hydrogens is 537 g/mol. The number of carboxylic acids is 1. The van der Waals surface area contributed by atoms with E-state index in [0.717, 1.165) is 31.2 Å². The summed E-state index contributed by atoms with van der Waals surface area (Å²) in [7, 11) is 0. The van der Waals surface area contributed by atoms with Crippen LogP contribution in [0.1, 0.15) is 52.4 Å². The van der Waals surface area contributed by atoms with Gasteiger partial charge >= 0.3 is 12.0 Å². The van der Waals surface area contributed by atoms with Crippen LogP contribution in [0.15, 0.2) is 66.7 Å². The first-order valence-corrected chi connectivity index (χ1v) is 13.7. The Morgan fingerprint density at radius 3 is 2.49 bits per heavy atom. The molecule has 4 rings (SSSR count). The van der Waals surface area contributed by atoms with Gasteiger partial charge in [-0.1, -0.05) is 77.8 Å². The molecule has 0 radical (unpaired) electrons. The topological polar surface area (TPSA) is 108 Å². The molecule has 4 N–H and O–H groups in total. The highest BCUT2D eigenvalue weighted by atomic mass is 35.5. The van der Waals surface area contributed by atoms with Crippen molar-refractivity contribution in [2.75, 3.05) is 18.4 Å². The van der Waals surface area contributed by atoms with Gasteiger partial charge in [-0.15, -0.1) is 0 Å². The van der Waals surface area contributed by atoms with Crippen molar-refractivity contribution in [1.82, 2.24) is 10.6 Å². The molecule has 2 amide bonds. The van der Waals surface area contributed by atoms with Crippen LogP contribution in [-0.2, 0) is 17.6 Å². The fourth-order valence-electron chi connectivity index (χ4n) is 4.81. The van der Waals surface area contributed by atoms with Crippen molar-refractivity contribution in [1.29, 1.82) is 0 Å². The predicted molar refractivity (Wildman–Crippen MR) is 154 cm³/mol. The van der Waals surface area contributed by atoms with Crippen molar-refractivity contribution in [3.63, 3.8) is 0 Å². The number of halogens is 2. The van der Waals surface area contributed by atoms with Gasteiger partial charge < -0.3 is 21.1 Å². The molecule has 0 aliphatic heterocycles. The van der Waals surface area contributed by atoms with Gasteiger partial charge in [-0.25, -0.2) is 4.79 Å². The molecule has 0 spiro atoms. The number of anilines is 1. The first-order chi connectivity index (χ1) is 18.8. The molecule has 0 saturated carbocycles. The number of ketones is 1. The van der Waals surface area contributed by atoms with Crippen LogP contribution in [0.25, 0.3) is 0 Å². The van der Waals surface area contributed by atoms with Crippen LogP contribution < -0.4 is 16.0 Å². The Labute approximate surface area is 237 Å². The van der Waals surface area contributed by atoms with Crippen LogP contribution >= 0.6 is 23.2 Å². The van der Waals surface area contributed by atoms with Crippen molar-refractivity contribution >= 4 is 46.7 Å². The van der Waals surface area contributed by atoms with E-state index in [2.05, 4.69) is 28.1 Å². The third-order valence-electron chi connectivity index (χ3n) is 6.90. The molecule has 0 unspecified atom stereocenters. The van der Waals surface area contributed by atoms with Gasteiger partial charge in [0.2, 0.25) is 0 Å². The van der Waals surface area contributed by atoms with Gasteiger partial charge in [0.05, 0.1) is 33.3 Å². The smallest absolute Gasteiger partial charge is 0.315 e. The summed E-state index contributed by atoms with van der Waals surface area (Å²) in [5.74, 6) is -2.84. The van der Waals surface area contributed by atoms with Gasteiger partial charge in [0.15, 0.2) is 5.78 Å². The van der Waals surface area contributed by atoms with Crippen LogP contribution in [0, 0.1) is 5.92 Å². The van der Waals surface area contributed by atoms with E-state index in [9.17, 15) is 19.5 Å². The highest BCUT2D eigenvalue weighted by Crippen LogP contribution is 2.34. The van der Waals surface area contributed by atoms with E-state index >= 15 is 0 Å². The fourth-order valence-corrected chi connectivity index (χ4v) is 5.46. The zero-order valence-electron chi connectivity index (χ0n) is 21.4. The molecule has 3 aromatic rings. The standard InChI is InChI=1S/C30H31Cl2N3O4/c31-23-13-15-25(33-16-6-9-19-7-2-1-3-8-19)28(32)27(23)26(36)17-21(29(37)38)18-34-30(39)35-24-14-12-20-10-4-5-11-22(20)24/h1-5,7-8,10-11,13,15,21,24,33H,6,9,12,14,16-18H2,(H,37,38)(H2,34,35,39)/t21-,24+/m0/s1. The minimum atomic E-state index is -1.20. The summed E-state index contributed by atoms with van der Waals surface area (Å²) >= 11 is 12.8. The van der Waals surface area contributed by atoms with Crippen molar-refractivity contribution in [3.8, 4) is 0 Å². The van der Waals surface area contributed by atoms with Crippen molar-refractivity contribution in [2.45, 2.75) is 38.1 Å². The highest BCUT2D eigenvalue weighted by molar-refractivity contribution is 6.41. The predicted octanol–water partition coefficient (Wildman–Crippen LogP) is 6.30. The van der Waals surface area contributed by atoms with Crippen LogP contribution in [-0.4, -0.2) is 36.0 Å². The first kappa shape index (κ1) is 28.5. The molecule has 0 aromatic heterocycles. The number of Topliss-reactive ketones (excluding diaryl/α,β-unsaturated/α-hetero) is 1. The number of carbonyl (C=O) groups is 3. The SMILES string of the molecule is O=C(NC[C@H](CC(=O)c1c(Cl)ccc(NCCCc2ccccc2)c1Cl)C(=O)O)N[C@@H]1CCc2ccccc21. The molecule has 0 bridgehead atoms. The van der Waals surface area contributed by atoms with Gasteiger partial charge in [0, 0.05) is 19.5 Å². The quantitative estimate of drug-likeness (QED) is 0.152. The molecule has 2 atom stereocenters. The van der Waals surface area contributed by atoms with E-state index in [1.54, 1.807) is 12.1 Å². The molecule has 1 aliphatic rings. The van der Waals surface area contributed by atoms with Gasteiger partial charge in [0.1, 0.15) is 0 Å². The Morgan fingerprint density at radius 1 is 0.974 bits per heavy atom. The summed E-state index contributed by atoms with van der Waals surface area (Å²) in [6, 6.07) is 20.7. The molecular formula is C30H31Cl2N3O4. The number of aliphatic carboxylic acids is 1. The number of benzene rings is 3. The average Bonchev–Trinajstić information content (AvgIpc) is 3.33. The molecule has 0 heterocycles. The Kier molecular flexibility index (Phi) is 9.85. The van der Waals surface area contributed by atoms with E-state index in [1.807, 2.05) is 42.5 Å². The summed E-state index contributed by atoms with van der Waals surface area (Å²) in [6.45, 7) is 0.417. The van der Waals surface area contributed by atoms with E-state index < -0.39 is 23.7 Å². The number of hydrogen-bond donors (Lipinski definition) is 4. The van der Waals surface area contributed by atoms with E-state index in [4.69, 9.17) is 23.2 Å². The van der Waals surface area contributed by atoms with Gasteiger partial charge in [-0.2, -0.15) is 0 Å². The minimum Gasteiger partial charge on any atom is -0.481 e. The molecule has 9 heteroatoms. The zero-order chi connectivity index (χ0) is 27.8. The largest absolute Gasteiger partial charge is 0.481 e. The second kappa shape index (κ2) is 13.5. The number of amides is 2. The lowest BCUT2D eigenvalue weighted by molar-refractivity contribution is -0.141. The maximum atomic E-state index is 13.1. The molecule has 0 fully saturated rings. The average molecular weight is 569 g/mol. The summed E-state index contributed by atoms with van der Waals surface area (Å²) in [5.41, 5.74) is 4.12. The number of fused-ring (bicyclic) bond motifs is 1. The number of carbonyl (C=O) groups excluding carboxylic acids is 2. The van der Waals surface area contributed by atoms with E-state index in [-0.39, 0.29) is 34.6 Å². The minimum absolute atomic E-state index is 0.0738. The Morgan fingerprint density at radius 2 is 1.72 bits per heavy atom. The lowest BCUT2D eigenvalue weighted by atomic mass is 9.97. The molecule has 1 aliphatic carbocycles. The van der Waals surface area contributed by atoms with Crippen LogP contribution in [0.2, 0.25) is 10.0 Å². The molecule has 7 nitrogen and oxygen atoms in total. The lowest BCUT2D eigenvalue weighted by Gasteiger charge is -2.18. The molecule has 204 valence electrons. The summed E-state index contributed by atoms with van der Waals surface area (Å²) in [4.78, 5) is 37.6. The zero-order valence-corrected chi connectivity index (χ0v) is 22.9. The third kappa shape index (κ3) is 7.52. The second-order valence-corrected chi connectivity index (χ2v) is 10.4. The maximum Gasteiger partial charge on any atom is 0.315 e. The summed E-state index contributed by atoms with van der Waals surface area (Å²) in [6.07, 6.45) is 3.03. The molecule has 3 aromatic carbocycles. The van der Waals surface area contributed by atoms with Crippen molar-refractivity contribution in [3.05, 3.63) is 99.0 Å². The number of aryl methyl sites for hydroxylation is 2. The van der Waals surface area contributed by atoms with Crippen molar-refractivity contribution < 1.29 is 19.5 Å². The number of urea groups is 1. The Balaban J connectivity index is 1.32. The number of carboxylic acid groups (broad SMARTS) is 1. The van der Waals surface area contributed by atoms with Gasteiger partial charge in [-0.05, 0) is 54.5 Å². The monoisotopic (exact) mass is 567 g/mol. The lowest BCUT2D eigenvalue weighted by Crippen LogP contribution is -2.41. The maximum absolute atomic E-state index is 13.1. The third-order valence-corrected chi connectivity index (χ3v) is 7.61. The van der Waals surface area contributed by atoms with Gasteiger partial charge in [0.25, 0.3) is 0 Å². The number of hydrogen-bond acceptors (Lipinski definition) is 4. The van der Waals surface area contributed by atoms with Crippen LogP contribution in [0.3, 0.4) is 0 Å². The van der Waals surface area contributed by atoms with E-state index in [0.29, 0.717) is 12.2 Å². The van der Waals surface area contributed by atoms with E-state index in [1.165, 1.54) is 11.1 Å². The second-order valence-electron chi connectivity index (χ2n) is 9.61. The Hall–Kier alpha value is -3.55. The molecule has 0 saturated heterocycles. The van der Waals surface area contributed by atoms with Crippen LogP contribution in [0.4, 0.5) is 10.5 Å². The highest BCUT2D eigenvalue weighted by Gasteiger charge is 2.27. The molecule has 39 heavy (non-hydrogen) atoms. The summed E-state index contributed by atoms with van der Waals surface area (Å²) < 4.78 is 0. The number of rotatable bonds is 12.